The number of nitrogens with zero attached hydrogens (tertiary/aromatic N) is 2. The molecule has 1 rings (SSSR count). The Morgan fingerprint density at radius 1 is 1.30 bits per heavy atom. The standard InChI is InChI=1S/C15H26N4O3S/c1-11-6-12(18-22-11)17-14(21)8-23-7-13(20)16-9-15(2,3)10-19(4)5/h6H,7-10H2,1-5H3,(H,16,20)(H,17,18,21). The molecule has 7 nitrogen and oxygen atoms in total. The van der Waals surface area contributed by atoms with Crippen molar-refractivity contribution in [2.45, 2.75) is 20.8 Å². The molecule has 130 valence electrons. The van der Waals surface area contributed by atoms with Crippen LogP contribution in [-0.2, 0) is 9.59 Å². The molecule has 1 heterocycles. The highest BCUT2D eigenvalue weighted by atomic mass is 32.2. The number of aromatic nitrogens is 1. The SMILES string of the molecule is Cc1cc(NC(=O)CSCC(=O)NCC(C)(C)CN(C)C)no1. The summed E-state index contributed by atoms with van der Waals surface area (Å²) in [5, 5.41) is 9.20. The van der Waals surface area contributed by atoms with Crippen LogP contribution in [0.1, 0.15) is 19.6 Å². The van der Waals surface area contributed by atoms with E-state index in [0.717, 1.165) is 6.54 Å². The summed E-state index contributed by atoms with van der Waals surface area (Å²) in [6.07, 6.45) is 0. The number of carbonyl (C=O) groups excluding carboxylic acids is 2. The lowest BCUT2D eigenvalue weighted by Gasteiger charge is -2.28. The largest absolute Gasteiger partial charge is 0.360 e. The van der Waals surface area contributed by atoms with Gasteiger partial charge in [0.1, 0.15) is 5.76 Å². The summed E-state index contributed by atoms with van der Waals surface area (Å²) in [5.41, 5.74) is 0.00597. The molecule has 0 saturated heterocycles. The zero-order chi connectivity index (χ0) is 17.5. The molecular weight excluding hydrogens is 316 g/mol. The average Bonchev–Trinajstić information content (AvgIpc) is 2.80. The summed E-state index contributed by atoms with van der Waals surface area (Å²) in [4.78, 5) is 25.6. The van der Waals surface area contributed by atoms with Crippen molar-refractivity contribution in [3.63, 3.8) is 0 Å². The first-order valence-corrected chi connectivity index (χ1v) is 8.56. The van der Waals surface area contributed by atoms with Crippen LogP contribution in [0.25, 0.3) is 0 Å². The van der Waals surface area contributed by atoms with Gasteiger partial charge in [-0.05, 0) is 26.4 Å². The van der Waals surface area contributed by atoms with Crippen LogP contribution in [0.2, 0.25) is 0 Å². The molecule has 0 radical (unpaired) electrons. The minimum Gasteiger partial charge on any atom is -0.360 e. The number of hydrogen-bond acceptors (Lipinski definition) is 6. The second kappa shape index (κ2) is 8.93. The first-order chi connectivity index (χ1) is 10.7. The fourth-order valence-corrected chi connectivity index (χ4v) is 2.79. The minimum atomic E-state index is -0.205. The Hall–Kier alpha value is -1.54. The van der Waals surface area contributed by atoms with E-state index in [1.807, 2.05) is 14.1 Å². The molecule has 2 amide bonds. The molecule has 0 fully saturated rings. The molecule has 0 bridgehead atoms. The summed E-state index contributed by atoms with van der Waals surface area (Å²) < 4.78 is 4.86. The number of aryl methyl sites for hydroxylation is 1. The molecule has 0 atom stereocenters. The van der Waals surface area contributed by atoms with Crippen molar-refractivity contribution < 1.29 is 14.1 Å². The topological polar surface area (TPSA) is 87.5 Å². The van der Waals surface area contributed by atoms with Crippen LogP contribution in [0.4, 0.5) is 5.82 Å². The predicted molar refractivity (Wildman–Crippen MR) is 92.5 cm³/mol. The molecule has 1 aromatic rings. The van der Waals surface area contributed by atoms with Gasteiger partial charge in [0.15, 0.2) is 5.82 Å². The molecule has 0 saturated carbocycles. The van der Waals surface area contributed by atoms with Gasteiger partial charge in [-0.3, -0.25) is 9.59 Å². The van der Waals surface area contributed by atoms with Gasteiger partial charge in [-0.25, -0.2) is 0 Å². The van der Waals surface area contributed by atoms with Crippen molar-refractivity contribution in [1.29, 1.82) is 0 Å². The van der Waals surface area contributed by atoms with Crippen molar-refractivity contribution in [3.8, 4) is 0 Å². The lowest BCUT2D eigenvalue weighted by Crippen LogP contribution is -2.40. The molecule has 8 heteroatoms. The maximum atomic E-state index is 11.8. The van der Waals surface area contributed by atoms with Gasteiger partial charge >= 0.3 is 0 Å². The second-order valence-corrected chi connectivity index (χ2v) is 7.53. The number of carbonyl (C=O) groups is 2. The summed E-state index contributed by atoms with van der Waals surface area (Å²) in [5.74, 6) is 1.20. The van der Waals surface area contributed by atoms with Crippen molar-refractivity contribution >= 4 is 29.4 Å². The van der Waals surface area contributed by atoms with Gasteiger partial charge in [0.05, 0.1) is 11.5 Å². The van der Waals surface area contributed by atoms with Crippen LogP contribution in [0, 0.1) is 12.3 Å². The third-order valence-corrected chi connectivity index (χ3v) is 3.80. The lowest BCUT2D eigenvalue weighted by atomic mass is 9.93. The number of thioether (sulfide) groups is 1. The molecular formula is C15H26N4O3S. The van der Waals surface area contributed by atoms with E-state index in [1.165, 1.54) is 11.8 Å². The van der Waals surface area contributed by atoms with E-state index in [9.17, 15) is 9.59 Å². The second-order valence-electron chi connectivity index (χ2n) is 6.54. The van der Waals surface area contributed by atoms with E-state index in [1.54, 1.807) is 13.0 Å². The Morgan fingerprint density at radius 2 is 1.96 bits per heavy atom. The first-order valence-electron chi connectivity index (χ1n) is 7.40. The summed E-state index contributed by atoms with van der Waals surface area (Å²) in [6, 6.07) is 1.64. The van der Waals surface area contributed by atoms with Gasteiger partial charge < -0.3 is 20.1 Å². The summed E-state index contributed by atoms with van der Waals surface area (Å²) >= 11 is 1.27. The Balaban J connectivity index is 2.19. The van der Waals surface area contributed by atoms with Gasteiger partial charge in [-0.15, -0.1) is 11.8 Å². The third-order valence-electron chi connectivity index (χ3n) is 2.87. The lowest BCUT2D eigenvalue weighted by molar-refractivity contribution is -0.119. The van der Waals surface area contributed by atoms with E-state index in [4.69, 9.17) is 4.52 Å². The van der Waals surface area contributed by atoms with E-state index < -0.39 is 0 Å². The quantitative estimate of drug-likeness (QED) is 0.704. The maximum absolute atomic E-state index is 11.8. The number of hydrogen-bond donors (Lipinski definition) is 2. The number of rotatable bonds is 9. The monoisotopic (exact) mass is 342 g/mol. The highest BCUT2D eigenvalue weighted by molar-refractivity contribution is 8.00. The Labute approximate surface area is 141 Å². The first kappa shape index (κ1) is 19.5. The Bertz CT molecular complexity index is 529. The Kier molecular flexibility index (Phi) is 7.57. The molecule has 2 N–H and O–H groups in total. The van der Waals surface area contributed by atoms with Crippen molar-refractivity contribution in [3.05, 3.63) is 11.8 Å². The van der Waals surface area contributed by atoms with E-state index in [-0.39, 0.29) is 28.7 Å². The molecule has 1 aromatic heterocycles. The minimum absolute atomic E-state index is 0.00597. The third kappa shape index (κ3) is 8.61. The van der Waals surface area contributed by atoms with Crippen LogP contribution in [0.15, 0.2) is 10.6 Å². The van der Waals surface area contributed by atoms with Gasteiger partial charge in [0.2, 0.25) is 11.8 Å². The fourth-order valence-electron chi connectivity index (χ4n) is 2.14. The number of nitrogens with one attached hydrogen (secondary N) is 2. The van der Waals surface area contributed by atoms with Crippen LogP contribution in [0.3, 0.4) is 0 Å². The molecule has 0 aliphatic rings. The zero-order valence-electron chi connectivity index (χ0n) is 14.4. The van der Waals surface area contributed by atoms with E-state index in [0.29, 0.717) is 18.1 Å². The van der Waals surface area contributed by atoms with Crippen LogP contribution < -0.4 is 10.6 Å². The highest BCUT2D eigenvalue weighted by Gasteiger charge is 2.19. The normalized spacial score (nSPS) is 11.6. The zero-order valence-corrected chi connectivity index (χ0v) is 15.2. The van der Waals surface area contributed by atoms with Gasteiger partial charge in [-0.1, -0.05) is 19.0 Å². The molecule has 0 spiro atoms. The fraction of sp³-hybridized carbons (Fsp3) is 0.667. The average molecular weight is 342 g/mol. The van der Waals surface area contributed by atoms with Crippen molar-refractivity contribution in [2.75, 3.05) is 44.0 Å². The predicted octanol–water partition coefficient (Wildman–Crippen LogP) is 1.36. The molecule has 0 aromatic carbocycles. The summed E-state index contributed by atoms with van der Waals surface area (Å²) in [6.45, 7) is 7.45. The number of anilines is 1. The smallest absolute Gasteiger partial charge is 0.235 e. The van der Waals surface area contributed by atoms with Crippen molar-refractivity contribution in [1.82, 2.24) is 15.4 Å². The van der Waals surface area contributed by atoms with Crippen LogP contribution >= 0.6 is 11.8 Å². The molecule has 23 heavy (non-hydrogen) atoms. The number of amides is 2. The highest BCUT2D eigenvalue weighted by Crippen LogP contribution is 2.14. The molecule has 0 aliphatic heterocycles. The van der Waals surface area contributed by atoms with Gasteiger partial charge in [0, 0.05) is 19.2 Å². The van der Waals surface area contributed by atoms with Gasteiger partial charge in [-0.2, -0.15) is 0 Å². The van der Waals surface area contributed by atoms with E-state index in [2.05, 4.69) is 34.5 Å². The maximum Gasteiger partial charge on any atom is 0.235 e. The van der Waals surface area contributed by atoms with E-state index >= 15 is 0 Å². The van der Waals surface area contributed by atoms with Crippen molar-refractivity contribution in [2.24, 2.45) is 5.41 Å². The Morgan fingerprint density at radius 3 is 2.52 bits per heavy atom. The molecule has 0 aliphatic carbocycles. The van der Waals surface area contributed by atoms with Gasteiger partial charge in [0.25, 0.3) is 0 Å². The summed E-state index contributed by atoms with van der Waals surface area (Å²) in [7, 11) is 4.02. The molecule has 0 unspecified atom stereocenters. The van der Waals surface area contributed by atoms with Crippen LogP contribution in [0.5, 0.6) is 0 Å². The van der Waals surface area contributed by atoms with Crippen LogP contribution in [-0.4, -0.2) is 60.6 Å².